The van der Waals surface area contributed by atoms with Gasteiger partial charge in [-0.2, -0.15) is 0 Å². The van der Waals surface area contributed by atoms with Crippen molar-refractivity contribution in [3.63, 3.8) is 0 Å². The molecular weight excluding hydrogens is 470 g/mol. The topological polar surface area (TPSA) is 78.5 Å². The van der Waals surface area contributed by atoms with Gasteiger partial charge in [-0.3, -0.25) is 14.4 Å². The van der Waals surface area contributed by atoms with Crippen molar-refractivity contribution in [2.24, 2.45) is 5.92 Å². The van der Waals surface area contributed by atoms with Crippen LogP contribution < -0.4 is 15.5 Å². The Morgan fingerprint density at radius 2 is 1.69 bits per heavy atom. The van der Waals surface area contributed by atoms with E-state index in [1.54, 1.807) is 29.2 Å². The number of benzene rings is 3. The first kappa shape index (κ1) is 21.8. The van der Waals surface area contributed by atoms with Crippen LogP contribution in [0.2, 0.25) is 0 Å². The lowest BCUT2D eigenvalue weighted by atomic mass is 10.1. The van der Waals surface area contributed by atoms with Crippen molar-refractivity contribution in [3.8, 4) is 0 Å². The van der Waals surface area contributed by atoms with Gasteiger partial charge in [-0.25, -0.2) is 0 Å². The van der Waals surface area contributed by atoms with Crippen molar-refractivity contribution in [1.82, 2.24) is 0 Å². The van der Waals surface area contributed by atoms with Gasteiger partial charge in [-0.15, -0.1) is 0 Å². The summed E-state index contributed by atoms with van der Waals surface area (Å²) in [6.45, 7) is 2.27. The predicted molar refractivity (Wildman–Crippen MR) is 129 cm³/mol. The number of rotatable bonds is 5. The predicted octanol–water partition coefficient (Wildman–Crippen LogP) is 5.00. The fraction of sp³-hybridized carbons (Fsp3) is 0.160. The van der Waals surface area contributed by atoms with Crippen molar-refractivity contribution >= 4 is 50.7 Å². The highest BCUT2D eigenvalue weighted by Gasteiger charge is 2.35. The van der Waals surface area contributed by atoms with Crippen LogP contribution >= 0.6 is 15.9 Å². The van der Waals surface area contributed by atoms with Crippen LogP contribution in [0, 0.1) is 12.8 Å². The molecule has 0 spiro atoms. The van der Waals surface area contributed by atoms with E-state index < -0.39 is 5.92 Å². The summed E-state index contributed by atoms with van der Waals surface area (Å²) in [6.07, 6.45) is 0.174. The zero-order valence-electron chi connectivity index (χ0n) is 17.5. The molecule has 32 heavy (non-hydrogen) atoms. The van der Waals surface area contributed by atoms with E-state index in [2.05, 4.69) is 26.6 Å². The monoisotopic (exact) mass is 491 g/mol. The lowest BCUT2D eigenvalue weighted by molar-refractivity contribution is -0.122. The summed E-state index contributed by atoms with van der Waals surface area (Å²) in [6, 6.07) is 21.7. The molecule has 0 aromatic heterocycles. The van der Waals surface area contributed by atoms with Gasteiger partial charge in [0.15, 0.2) is 0 Å². The van der Waals surface area contributed by atoms with E-state index in [9.17, 15) is 14.4 Å². The number of carbonyl (C=O) groups is 3. The number of halogens is 1. The average molecular weight is 492 g/mol. The highest BCUT2D eigenvalue weighted by Crippen LogP contribution is 2.26. The minimum Gasteiger partial charge on any atom is -0.326 e. The maximum Gasteiger partial charge on any atom is 0.255 e. The Hall–Kier alpha value is -3.45. The van der Waals surface area contributed by atoms with Crippen molar-refractivity contribution in [3.05, 3.63) is 88.4 Å². The molecule has 1 saturated heterocycles. The van der Waals surface area contributed by atoms with Crippen LogP contribution in [0.4, 0.5) is 17.1 Å². The van der Waals surface area contributed by atoms with Gasteiger partial charge in [0, 0.05) is 40.1 Å². The zero-order chi connectivity index (χ0) is 22.7. The number of amides is 3. The van der Waals surface area contributed by atoms with E-state index in [0.717, 1.165) is 21.4 Å². The molecule has 1 heterocycles. The van der Waals surface area contributed by atoms with Gasteiger partial charge in [0.2, 0.25) is 11.8 Å². The van der Waals surface area contributed by atoms with Crippen LogP contribution in [0.3, 0.4) is 0 Å². The Morgan fingerprint density at radius 3 is 2.38 bits per heavy atom. The van der Waals surface area contributed by atoms with Crippen LogP contribution in [-0.4, -0.2) is 24.3 Å². The quantitative estimate of drug-likeness (QED) is 0.526. The van der Waals surface area contributed by atoms with Crippen LogP contribution in [0.5, 0.6) is 0 Å². The zero-order valence-corrected chi connectivity index (χ0v) is 19.1. The molecule has 1 aliphatic rings. The molecular formula is C25H22BrN3O3. The Morgan fingerprint density at radius 1 is 0.969 bits per heavy atom. The summed E-state index contributed by atoms with van der Waals surface area (Å²) in [7, 11) is 0. The molecule has 162 valence electrons. The number of nitrogens with zero attached hydrogens (tertiary/aromatic N) is 1. The lowest BCUT2D eigenvalue weighted by Crippen LogP contribution is -2.28. The molecule has 0 saturated carbocycles. The first-order valence-corrected chi connectivity index (χ1v) is 11.0. The van der Waals surface area contributed by atoms with E-state index in [4.69, 9.17) is 0 Å². The second kappa shape index (κ2) is 9.36. The van der Waals surface area contributed by atoms with Gasteiger partial charge < -0.3 is 15.5 Å². The number of carbonyl (C=O) groups excluding carboxylic acids is 3. The molecule has 3 amide bonds. The highest BCUT2D eigenvalue weighted by molar-refractivity contribution is 9.10. The molecule has 1 atom stereocenters. The van der Waals surface area contributed by atoms with E-state index >= 15 is 0 Å². The maximum absolute atomic E-state index is 12.7. The van der Waals surface area contributed by atoms with E-state index in [0.29, 0.717) is 17.8 Å². The third-order valence-electron chi connectivity index (χ3n) is 5.41. The first-order chi connectivity index (χ1) is 15.4. The van der Waals surface area contributed by atoms with E-state index in [1.807, 2.05) is 55.5 Å². The third-order valence-corrected chi connectivity index (χ3v) is 5.91. The van der Waals surface area contributed by atoms with Crippen LogP contribution in [0.1, 0.15) is 22.3 Å². The third kappa shape index (κ3) is 4.89. The standard InChI is InChI=1S/C25H22BrN3O3/c1-16-13-19(26)9-12-22(16)28-24(31)17-7-10-20(11-8-17)27-25(32)18-14-23(30)29(15-18)21-5-3-2-4-6-21/h2-13,18H,14-15H2,1H3,(H,27,32)(H,28,31). The molecule has 0 bridgehead atoms. The lowest BCUT2D eigenvalue weighted by Gasteiger charge is -2.16. The van der Waals surface area contributed by atoms with Gasteiger partial charge in [-0.1, -0.05) is 34.1 Å². The summed E-state index contributed by atoms with van der Waals surface area (Å²) in [4.78, 5) is 39.2. The van der Waals surface area contributed by atoms with Gasteiger partial charge in [0.1, 0.15) is 0 Å². The summed E-state index contributed by atoms with van der Waals surface area (Å²) >= 11 is 3.41. The maximum atomic E-state index is 12.7. The molecule has 1 unspecified atom stereocenters. The molecule has 0 aliphatic carbocycles. The largest absolute Gasteiger partial charge is 0.326 e. The normalized spacial score (nSPS) is 15.5. The summed E-state index contributed by atoms with van der Waals surface area (Å²) in [5.74, 6) is -0.926. The van der Waals surface area contributed by atoms with Gasteiger partial charge in [0.05, 0.1) is 5.92 Å². The molecule has 3 aromatic carbocycles. The van der Waals surface area contributed by atoms with E-state index in [-0.39, 0.29) is 24.1 Å². The smallest absolute Gasteiger partial charge is 0.255 e. The van der Waals surface area contributed by atoms with Crippen molar-refractivity contribution in [1.29, 1.82) is 0 Å². The van der Waals surface area contributed by atoms with Crippen LogP contribution in [0.15, 0.2) is 77.3 Å². The number of hydrogen-bond donors (Lipinski definition) is 2. The van der Waals surface area contributed by atoms with E-state index in [1.165, 1.54) is 0 Å². The van der Waals surface area contributed by atoms with Gasteiger partial charge >= 0.3 is 0 Å². The minimum atomic E-state index is -0.425. The summed E-state index contributed by atoms with van der Waals surface area (Å²) in [5.41, 5.74) is 3.55. The molecule has 0 radical (unpaired) electrons. The molecule has 4 rings (SSSR count). The number of para-hydroxylation sites is 1. The molecule has 3 aromatic rings. The number of aryl methyl sites for hydroxylation is 1. The number of nitrogens with one attached hydrogen (secondary N) is 2. The molecule has 1 fully saturated rings. The Kier molecular flexibility index (Phi) is 6.37. The molecule has 1 aliphatic heterocycles. The molecule has 6 nitrogen and oxygen atoms in total. The van der Waals surface area contributed by atoms with Gasteiger partial charge in [-0.05, 0) is 67.1 Å². The molecule has 2 N–H and O–H groups in total. The fourth-order valence-electron chi connectivity index (χ4n) is 3.65. The first-order valence-electron chi connectivity index (χ1n) is 10.2. The van der Waals surface area contributed by atoms with Crippen LogP contribution in [-0.2, 0) is 9.59 Å². The number of hydrogen-bond acceptors (Lipinski definition) is 3. The number of anilines is 3. The molecule has 7 heteroatoms. The Balaban J connectivity index is 1.37. The van der Waals surface area contributed by atoms with Crippen molar-refractivity contribution in [2.75, 3.05) is 22.1 Å². The average Bonchev–Trinajstić information content (AvgIpc) is 3.18. The van der Waals surface area contributed by atoms with Crippen LogP contribution in [0.25, 0.3) is 0 Å². The summed E-state index contributed by atoms with van der Waals surface area (Å²) < 4.78 is 0.948. The fourth-order valence-corrected chi connectivity index (χ4v) is 4.13. The minimum absolute atomic E-state index is 0.0633. The highest BCUT2D eigenvalue weighted by atomic mass is 79.9. The summed E-state index contributed by atoms with van der Waals surface area (Å²) in [5, 5.41) is 5.75. The Labute approximate surface area is 194 Å². The Bertz CT molecular complexity index is 1160. The van der Waals surface area contributed by atoms with Gasteiger partial charge in [0.25, 0.3) is 5.91 Å². The van der Waals surface area contributed by atoms with Crippen molar-refractivity contribution in [2.45, 2.75) is 13.3 Å². The second-order valence-electron chi connectivity index (χ2n) is 7.72. The SMILES string of the molecule is Cc1cc(Br)ccc1NC(=O)c1ccc(NC(=O)C2CC(=O)N(c3ccccc3)C2)cc1. The second-order valence-corrected chi connectivity index (χ2v) is 8.64. The van der Waals surface area contributed by atoms with Crippen molar-refractivity contribution < 1.29 is 14.4 Å².